The van der Waals surface area contributed by atoms with Crippen molar-refractivity contribution >= 4 is 33.8 Å². The summed E-state index contributed by atoms with van der Waals surface area (Å²) < 4.78 is 1.76. The minimum Gasteiger partial charge on any atom is -0.241 e. The molecule has 0 spiro atoms. The zero-order chi connectivity index (χ0) is 14.4. The molecule has 102 valence electrons. The van der Waals surface area contributed by atoms with Gasteiger partial charge in [-0.3, -0.25) is 0 Å². The molecule has 0 fully saturated rings. The molecule has 0 unspecified atom stereocenters. The highest BCUT2D eigenvalue weighted by atomic mass is 35.5. The fraction of sp³-hybridized carbons (Fsp3) is 0.0625. The van der Waals surface area contributed by atoms with E-state index in [1.165, 1.54) is 0 Å². The Hall–Kier alpha value is -2.46. The molecule has 2 heterocycles. The molecule has 0 aliphatic rings. The van der Waals surface area contributed by atoms with Crippen LogP contribution in [0, 0.1) is 6.92 Å². The molecule has 2 aromatic carbocycles. The van der Waals surface area contributed by atoms with Crippen molar-refractivity contribution < 1.29 is 0 Å². The molecular formula is C16H11ClN4. The van der Waals surface area contributed by atoms with Crippen LogP contribution in [0.15, 0.2) is 48.5 Å². The summed E-state index contributed by atoms with van der Waals surface area (Å²) in [6, 6.07) is 15.4. The number of halogens is 1. The van der Waals surface area contributed by atoms with Gasteiger partial charge in [-0.1, -0.05) is 35.9 Å². The molecule has 2 aromatic heterocycles. The average Bonchev–Trinajstić information content (AvgIpc) is 2.82. The van der Waals surface area contributed by atoms with Crippen LogP contribution in [0.4, 0.5) is 0 Å². The summed E-state index contributed by atoms with van der Waals surface area (Å²) >= 11 is 6.28. The van der Waals surface area contributed by atoms with E-state index in [-0.39, 0.29) is 0 Å². The Morgan fingerprint density at radius 1 is 0.905 bits per heavy atom. The van der Waals surface area contributed by atoms with Crippen LogP contribution in [-0.4, -0.2) is 19.7 Å². The summed E-state index contributed by atoms with van der Waals surface area (Å²) in [5.74, 6) is 0. The first-order chi connectivity index (χ1) is 10.2. The number of aromatic nitrogens is 4. The molecule has 4 nitrogen and oxygen atoms in total. The van der Waals surface area contributed by atoms with Gasteiger partial charge in [-0.15, -0.1) is 0 Å². The highest BCUT2D eigenvalue weighted by Gasteiger charge is 2.14. The summed E-state index contributed by atoms with van der Waals surface area (Å²) in [6.45, 7) is 1.93. The Morgan fingerprint density at radius 2 is 1.57 bits per heavy atom. The predicted octanol–water partition coefficient (Wildman–Crippen LogP) is 3.93. The van der Waals surface area contributed by atoms with Crippen molar-refractivity contribution in [1.82, 2.24) is 19.7 Å². The Bertz CT molecular complexity index is 975. The smallest absolute Gasteiger partial charge is 0.182 e. The van der Waals surface area contributed by atoms with Crippen LogP contribution in [0.1, 0.15) is 5.69 Å². The second kappa shape index (κ2) is 4.53. The van der Waals surface area contributed by atoms with Crippen LogP contribution in [-0.2, 0) is 0 Å². The Balaban J connectivity index is 2.11. The molecule has 0 atom stereocenters. The van der Waals surface area contributed by atoms with Crippen LogP contribution in [0.25, 0.3) is 27.9 Å². The van der Waals surface area contributed by atoms with Crippen LogP contribution < -0.4 is 0 Å². The zero-order valence-corrected chi connectivity index (χ0v) is 12.0. The van der Waals surface area contributed by atoms with Crippen LogP contribution in [0.5, 0.6) is 0 Å². The average molecular weight is 295 g/mol. The van der Waals surface area contributed by atoms with Gasteiger partial charge in [0.2, 0.25) is 0 Å². The van der Waals surface area contributed by atoms with Gasteiger partial charge in [0.15, 0.2) is 5.65 Å². The van der Waals surface area contributed by atoms with E-state index in [0.717, 1.165) is 33.6 Å². The summed E-state index contributed by atoms with van der Waals surface area (Å²) in [4.78, 5) is 9.36. The lowest BCUT2D eigenvalue weighted by Crippen LogP contribution is -1.99. The summed E-state index contributed by atoms with van der Waals surface area (Å²) in [5, 5.41) is 5.19. The first-order valence-electron chi connectivity index (χ1n) is 6.61. The molecule has 21 heavy (non-hydrogen) atoms. The van der Waals surface area contributed by atoms with E-state index in [9.17, 15) is 0 Å². The number of fused-ring (bicyclic) bond motifs is 2. The second-order valence-electron chi connectivity index (χ2n) is 4.83. The second-order valence-corrected chi connectivity index (χ2v) is 5.24. The fourth-order valence-corrected chi connectivity index (χ4v) is 2.63. The number of rotatable bonds is 1. The topological polar surface area (TPSA) is 43.6 Å². The molecule has 0 aliphatic carbocycles. The van der Waals surface area contributed by atoms with Gasteiger partial charge in [0.1, 0.15) is 5.52 Å². The zero-order valence-electron chi connectivity index (χ0n) is 11.3. The molecule has 4 rings (SSSR count). The first-order valence-corrected chi connectivity index (χ1v) is 6.99. The number of para-hydroxylation sites is 3. The monoisotopic (exact) mass is 294 g/mol. The Labute approximate surface area is 126 Å². The van der Waals surface area contributed by atoms with Crippen molar-refractivity contribution in [3.05, 3.63) is 59.2 Å². The van der Waals surface area contributed by atoms with Gasteiger partial charge in [0, 0.05) is 0 Å². The molecule has 0 saturated carbocycles. The van der Waals surface area contributed by atoms with E-state index in [0.29, 0.717) is 5.02 Å². The van der Waals surface area contributed by atoms with Gasteiger partial charge in [0.05, 0.1) is 27.4 Å². The van der Waals surface area contributed by atoms with Crippen molar-refractivity contribution in [2.24, 2.45) is 0 Å². The third-order valence-corrected chi connectivity index (χ3v) is 3.75. The van der Waals surface area contributed by atoms with Crippen molar-refractivity contribution in [1.29, 1.82) is 0 Å². The molecule has 4 aromatic rings. The lowest BCUT2D eigenvalue weighted by molar-refractivity contribution is 0.879. The number of hydrogen-bond acceptors (Lipinski definition) is 3. The maximum absolute atomic E-state index is 6.28. The van der Waals surface area contributed by atoms with Gasteiger partial charge in [-0.05, 0) is 31.2 Å². The summed E-state index contributed by atoms with van der Waals surface area (Å²) in [5.41, 5.74) is 4.88. The lowest BCUT2D eigenvalue weighted by Gasteiger charge is -2.05. The maximum Gasteiger partial charge on any atom is 0.182 e. The molecule has 0 bridgehead atoms. The molecular weight excluding hydrogens is 284 g/mol. The fourth-order valence-electron chi connectivity index (χ4n) is 2.42. The number of hydrogen-bond donors (Lipinski definition) is 0. The third kappa shape index (κ3) is 1.87. The van der Waals surface area contributed by atoms with E-state index in [1.807, 2.05) is 55.5 Å². The molecule has 0 amide bonds. The van der Waals surface area contributed by atoms with E-state index in [4.69, 9.17) is 16.6 Å². The van der Waals surface area contributed by atoms with Gasteiger partial charge in [0.25, 0.3) is 0 Å². The molecule has 5 heteroatoms. The van der Waals surface area contributed by atoms with Crippen molar-refractivity contribution in [3.8, 4) is 5.69 Å². The van der Waals surface area contributed by atoms with Gasteiger partial charge in [-0.25, -0.2) is 14.6 Å². The van der Waals surface area contributed by atoms with Gasteiger partial charge in [-0.2, -0.15) is 5.10 Å². The van der Waals surface area contributed by atoms with Crippen LogP contribution in [0.2, 0.25) is 5.02 Å². The van der Waals surface area contributed by atoms with Crippen LogP contribution >= 0.6 is 11.6 Å². The van der Waals surface area contributed by atoms with E-state index in [2.05, 4.69) is 10.1 Å². The largest absolute Gasteiger partial charge is 0.241 e. The highest BCUT2D eigenvalue weighted by molar-refractivity contribution is 6.32. The standard InChI is InChI=1S/C16H11ClN4/c1-10-15-16(19-13-8-4-3-7-12(13)18-15)21(20-10)14-9-5-2-6-11(14)17/h2-9H,1H3. The molecule has 0 aliphatic heterocycles. The third-order valence-electron chi connectivity index (χ3n) is 3.43. The molecule has 0 saturated heterocycles. The number of benzene rings is 2. The minimum absolute atomic E-state index is 0.636. The lowest BCUT2D eigenvalue weighted by atomic mass is 10.3. The van der Waals surface area contributed by atoms with E-state index < -0.39 is 0 Å². The quantitative estimate of drug-likeness (QED) is 0.534. The first kappa shape index (κ1) is 12.3. The van der Waals surface area contributed by atoms with Crippen molar-refractivity contribution in [2.45, 2.75) is 6.92 Å². The van der Waals surface area contributed by atoms with Crippen LogP contribution in [0.3, 0.4) is 0 Å². The Morgan fingerprint density at radius 3 is 2.33 bits per heavy atom. The SMILES string of the molecule is Cc1nn(-c2ccccc2Cl)c2nc3ccccc3nc12. The maximum atomic E-state index is 6.28. The summed E-state index contributed by atoms with van der Waals surface area (Å²) in [6.07, 6.45) is 0. The number of nitrogens with zero attached hydrogens (tertiary/aromatic N) is 4. The van der Waals surface area contributed by atoms with E-state index in [1.54, 1.807) is 4.68 Å². The Kier molecular flexibility index (Phi) is 2.65. The van der Waals surface area contributed by atoms with Gasteiger partial charge < -0.3 is 0 Å². The van der Waals surface area contributed by atoms with E-state index >= 15 is 0 Å². The van der Waals surface area contributed by atoms with Crippen molar-refractivity contribution in [3.63, 3.8) is 0 Å². The molecule has 0 radical (unpaired) electrons. The minimum atomic E-state index is 0.636. The van der Waals surface area contributed by atoms with Crippen molar-refractivity contribution in [2.75, 3.05) is 0 Å². The predicted molar refractivity (Wildman–Crippen MR) is 83.9 cm³/mol. The normalized spacial score (nSPS) is 11.3. The number of aryl methyl sites for hydroxylation is 1. The highest BCUT2D eigenvalue weighted by Crippen LogP contribution is 2.25. The van der Waals surface area contributed by atoms with Gasteiger partial charge >= 0.3 is 0 Å². The summed E-state index contributed by atoms with van der Waals surface area (Å²) in [7, 11) is 0. The molecule has 0 N–H and O–H groups in total.